The molecule has 1 aromatic heterocycles. The average molecular weight is 417 g/mol. The molecule has 1 saturated heterocycles. The SMILES string of the molecule is COc1ccc2c(c1OC)C(=O)N1C2SC(C)(C)C1C(=O)Nc1cc(C)n(C)n1. The van der Waals surface area contributed by atoms with Gasteiger partial charge < -0.3 is 19.7 Å². The van der Waals surface area contributed by atoms with Gasteiger partial charge in [-0.3, -0.25) is 14.3 Å². The van der Waals surface area contributed by atoms with E-state index in [1.54, 1.807) is 33.5 Å². The maximum absolute atomic E-state index is 13.4. The van der Waals surface area contributed by atoms with Crippen molar-refractivity contribution in [3.63, 3.8) is 0 Å². The summed E-state index contributed by atoms with van der Waals surface area (Å²) in [6.07, 6.45) is 0. The largest absolute Gasteiger partial charge is 0.493 e. The van der Waals surface area contributed by atoms with E-state index >= 15 is 0 Å². The van der Waals surface area contributed by atoms with E-state index in [9.17, 15) is 9.59 Å². The lowest BCUT2D eigenvalue weighted by Gasteiger charge is -2.29. The van der Waals surface area contributed by atoms with Crippen LogP contribution in [-0.2, 0) is 11.8 Å². The number of hydrogen-bond acceptors (Lipinski definition) is 6. The normalized spacial score (nSPS) is 21.7. The highest BCUT2D eigenvalue weighted by Gasteiger charge is 2.58. The molecule has 154 valence electrons. The number of amides is 2. The van der Waals surface area contributed by atoms with Crippen LogP contribution in [0, 0.1) is 6.92 Å². The summed E-state index contributed by atoms with van der Waals surface area (Å²) in [5.41, 5.74) is 2.24. The van der Waals surface area contributed by atoms with Gasteiger partial charge in [0.25, 0.3) is 5.91 Å². The predicted octanol–water partition coefficient (Wildman–Crippen LogP) is 2.73. The zero-order valence-corrected chi connectivity index (χ0v) is 18.1. The Balaban J connectivity index is 1.72. The molecule has 0 bridgehead atoms. The van der Waals surface area contributed by atoms with Crippen molar-refractivity contribution in [2.24, 2.45) is 7.05 Å². The molecule has 2 amide bonds. The minimum absolute atomic E-state index is 0.226. The van der Waals surface area contributed by atoms with Gasteiger partial charge in [0.05, 0.1) is 19.8 Å². The fourth-order valence-corrected chi connectivity index (χ4v) is 5.65. The average Bonchev–Trinajstić information content (AvgIpc) is 3.22. The fraction of sp³-hybridized carbons (Fsp3) is 0.450. The Morgan fingerprint density at radius 1 is 1.28 bits per heavy atom. The zero-order chi connectivity index (χ0) is 21.1. The monoisotopic (exact) mass is 416 g/mol. The fourth-order valence-electron chi connectivity index (χ4n) is 4.07. The van der Waals surface area contributed by atoms with Gasteiger partial charge in [-0.2, -0.15) is 5.10 Å². The number of carbonyl (C=O) groups is 2. The lowest BCUT2D eigenvalue weighted by Crippen LogP contribution is -2.50. The minimum atomic E-state index is -0.657. The molecule has 9 heteroatoms. The first kappa shape index (κ1) is 19.6. The van der Waals surface area contributed by atoms with E-state index in [1.807, 2.05) is 33.9 Å². The molecule has 1 aromatic carbocycles. The molecule has 2 aliphatic heterocycles. The van der Waals surface area contributed by atoms with Crippen LogP contribution in [0.25, 0.3) is 0 Å². The van der Waals surface area contributed by atoms with Crippen LogP contribution in [0.15, 0.2) is 18.2 Å². The summed E-state index contributed by atoms with van der Waals surface area (Å²) >= 11 is 1.60. The number of carbonyl (C=O) groups excluding carboxylic acids is 2. The molecule has 4 rings (SSSR count). The number of nitrogens with zero attached hydrogens (tertiary/aromatic N) is 3. The van der Waals surface area contributed by atoms with E-state index < -0.39 is 10.8 Å². The second kappa shape index (κ2) is 6.69. The van der Waals surface area contributed by atoms with Crippen LogP contribution >= 0.6 is 11.8 Å². The van der Waals surface area contributed by atoms with Crippen molar-refractivity contribution in [3.8, 4) is 11.5 Å². The van der Waals surface area contributed by atoms with Crippen molar-refractivity contribution >= 4 is 29.4 Å². The van der Waals surface area contributed by atoms with Gasteiger partial charge in [0, 0.05) is 29.1 Å². The van der Waals surface area contributed by atoms with Crippen molar-refractivity contribution in [2.75, 3.05) is 19.5 Å². The summed E-state index contributed by atoms with van der Waals surface area (Å²) in [7, 11) is 4.87. The van der Waals surface area contributed by atoms with Crippen LogP contribution in [-0.4, -0.2) is 51.5 Å². The summed E-state index contributed by atoms with van der Waals surface area (Å²) in [4.78, 5) is 28.3. The van der Waals surface area contributed by atoms with Crippen LogP contribution in [0.3, 0.4) is 0 Å². The lowest BCUT2D eigenvalue weighted by atomic mass is 10.0. The van der Waals surface area contributed by atoms with Gasteiger partial charge in [0.1, 0.15) is 11.4 Å². The van der Waals surface area contributed by atoms with Crippen LogP contribution in [0.2, 0.25) is 0 Å². The number of methoxy groups -OCH3 is 2. The molecule has 0 spiro atoms. The minimum Gasteiger partial charge on any atom is -0.493 e. The second-order valence-corrected chi connectivity index (χ2v) is 9.47. The maximum atomic E-state index is 13.4. The predicted molar refractivity (Wildman–Crippen MR) is 110 cm³/mol. The maximum Gasteiger partial charge on any atom is 0.260 e. The summed E-state index contributed by atoms with van der Waals surface area (Å²) in [6.45, 7) is 5.88. The molecule has 8 nitrogen and oxygen atoms in total. The first-order valence-electron chi connectivity index (χ1n) is 9.26. The third-order valence-electron chi connectivity index (χ3n) is 5.51. The molecule has 2 atom stereocenters. The van der Waals surface area contributed by atoms with Crippen molar-refractivity contribution in [1.29, 1.82) is 0 Å². The van der Waals surface area contributed by atoms with E-state index in [1.165, 1.54) is 14.2 Å². The smallest absolute Gasteiger partial charge is 0.260 e. The van der Waals surface area contributed by atoms with Gasteiger partial charge in [-0.1, -0.05) is 6.07 Å². The Morgan fingerprint density at radius 2 is 2.00 bits per heavy atom. The van der Waals surface area contributed by atoms with Crippen molar-refractivity contribution in [1.82, 2.24) is 14.7 Å². The Kier molecular flexibility index (Phi) is 4.53. The van der Waals surface area contributed by atoms with Crippen LogP contribution < -0.4 is 14.8 Å². The molecule has 0 saturated carbocycles. The third-order valence-corrected chi connectivity index (χ3v) is 7.05. The highest BCUT2D eigenvalue weighted by atomic mass is 32.2. The van der Waals surface area contributed by atoms with Crippen LogP contribution in [0.4, 0.5) is 5.82 Å². The van der Waals surface area contributed by atoms with E-state index in [0.29, 0.717) is 22.9 Å². The quantitative estimate of drug-likeness (QED) is 0.825. The first-order chi connectivity index (χ1) is 13.7. The number of aromatic nitrogens is 2. The highest BCUT2D eigenvalue weighted by Crippen LogP contribution is 2.58. The van der Waals surface area contributed by atoms with Crippen molar-refractivity contribution < 1.29 is 19.1 Å². The molecular formula is C20H24N4O4S. The lowest BCUT2D eigenvalue weighted by molar-refractivity contribution is -0.121. The van der Waals surface area contributed by atoms with Gasteiger partial charge in [-0.25, -0.2) is 0 Å². The van der Waals surface area contributed by atoms with Crippen LogP contribution in [0.5, 0.6) is 11.5 Å². The molecule has 3 heterocycles. The number of hydrogen-bond donors (Lipinski definition) is 1. The van der Waals surface area contributed by atoms with E-state index in [4.69, 9.17) is 9.47 Å². The molecular weight excluding hydrogens is 392 g/mol. The van der Waals surface area contributed by atoms with Gasteiger partial charge in [-0.05, 0) is 26.8 Å². The van der Waals surface area contributed by atoms with Gasteiger partial charge in [-0.15, -0.1) is 11.8 Å². The number of benzene rings is 1. The highest BCUT2D eigenvalue weighted by molar-refractivity contribution is 8.01. The van der Waals surface area contributed by atoms with Gasteiger partial charge >= 0.3 is 0 Å². The molecule has 29 heavy (non-hydrogen) atoms. The molecule has 2 unspecified atom stereocenters. The van der Waals surface area contributed by atoms with Crippen molar-refractivity contribution in [2.45, 2.75) is 36.9 Å². The second-order valence-electron chi connectivity index (χ2n) is 7.74. The number of aryl methyl sites for hydroxylation is 2. The Morgan fingerprint density at radius 3 is 2.59 bits per heavy atom. The topological polar surface area (TPSA) is 85.7 Å². The van der Waals surface area contributed by atoms with E-state index in [0.717, 1.165) is 11.3 Å². The summed E-state index contributed by atoms with van der Waals surface area (Å²) in [5.74, 6) is 0.895. The van der Waals surface area contributed by atoms with E-state index in [-0.39, 0.29) is 17.2 Å². The summed E-state index contributed by atoms with van der Waals surface area (Å²) in [6, 6.07) is 4.82. The number of anilines is 1. The number of thioether (sulfide) groups is 1. The van der Waals surface area contributed by atoms with E-state index in [2.05, 4.69) is 10.4 Å². The Hall–Kier alpha value is -2.68. The molecule has 0 radical (unpaired) electrons. The standard InChI is InChI=1S/C20H24N4O4S/c1-10-9-13(22-23(10)4)21-17(25)16-20(2,3)29-19-11-7-8-12(27-5)15(28-6)14(11)18(26)24(16)19/h7-9,16,19H,1-6H3,(H,21,22,25). The number of fused-ring (bicyclic) bond motifs is 3. The first-order valence-corrected chi connectivity index (χ1v) is 10.1. The van der Waals surface area contributed by atoms with Crippen molar-refractivity contribution in [3.05, 3.63) is 35.0 Å². The third kappa shape index (κ3) is 2.87. The molecule has 1 fully saturated rings. The number of nitrogens with one attached hydrogen (secondary N) is 1. The zero-order valence-electron chi connectivity index (χ0n) is 17.3. The number of ether oxygens (including phenoxy) is 2. The number of rotatable bonds is 4. The van der Waals surface area contributed by atoms with Crippen LogP contribution in [0.1, 0.15) is 40.8 Å². The Bertz CT molecular complexity index is 997. The summed E-state index contributed by atoms with van der Waals surface area (Å²) in [5, 5.41) is 6.92. The molecule has 2 aromatic rings. The van der Waals surface area contributed by atoms with Gasteiger partial charge in [0.2, 0.25) is 5.91 Å². The molecule has 1 N–H and O–H groups in total. The van der Waals surface area contributed by atoms with Gasteiger partial charge in [0.15, 0.2) is 17.3 Å². The molecule has 2 aliphatic rings. The molecule has 0 aliphatic carbocycles. The summed E-state index contributed by atoms with van der Waals surface area (Å²) < 4.78 is 12.0. The Labute approximate surface area is 173 Å².